The van der Waals surface area contributed by atoms with Gasteiger partial charge in [-0.3, -0.25) is 5.32 Å². The van der Waals surface area contributed by atoms with Gasteiger partial charge in [-0.25, -0.2) is 0 Å². The predicted molar refractivity (Wildman–Crippen MR) is 79.4 cm³/mol. The topological polar surface area (TPSA) is 43.0 Å². The molecule has 20 heavy (non-hydrogen) atoms. The summed E-state index contributed by atoms with van der Waals surface area (Å²) in [6, 6.07) is 0. The zero-order chi connectivity index (χ0) is 14.5. The van der Waals surface area contributed by atoms with E-state index in [2.05, 4.69) is 26.1 Å². The first-order valence-electron chi connectivity index (χ1n) is 7.81. The summed E-state index contributed by atoms with van der Waals surface area (Å²) in [5.41, 5.74) is 2.89. The van der Waals surface area contributed by atoms with E-state index in [1.165, 1.54) is 24.0 Å². The molecule has 0 aromatic carbocycles. The second-order valence-electron chi connectivity index (χ2n) is 6.26. The van der Waals surface area contributed by atoms with Crippen LogP contribution in [-0.2, 0) is 14.2 Å². The Labute approximate surface area is 122 Å². The number of methoxy groups -OCH3 is 1. The number of hydrogen-bond donors (Lipinski definition) is 1. The van der Waals surface area contributed by atoms with Gasteiger partial charge < -0.3 is 14.2 Å². The molecular weight excluding hydrogens is 254 g/mol. The fourth-order valence-corrected chi connectivity index (χ4v) is 2.87. The summed E-state index contributed by atoms with van der Waals surface area (Å²) in [5.74, 6) is 0.745. The zero-order valence-corrected chi connectivity index (χ0v) is 13.3. The molecule has 0 radical (unpaired) electrons. The van der Waals surface area contributed by atoms with Crippen LogP contribution in [0.5, 0.6) is 0 Å². The van der Waals surface area contributed by atoms with Gasteiger partial charge in [-0.1, -0.05) is 12.5 Å². The van der Waals surface area contributed by atoms with Crippen LogP contribution >= 0.6 is 0 Å². The minimum atomic E-state index is -0.0674. The highest BCUT2D eigenvalue weighted by Crippen LogP contribution is 2.35. The van der Waals surface area contributed by atoms with Crippen molar-refractivity contribution in [1.82, 2.24) is 5.32 Å². The van der Waals surface area contributed by atoms with E-state index in [9.17, 15) is 0 Å². The Kier molecular flexibility index (Phi) is 6.02. The van der Waals surface area contributed by atoms with Crippen LogP contribution in [0.1, 0.15) is 46.5 Å². The SMILES string of the molecule is COCCCNC1OC1O[C@H]1C[C@@H](C)CCC1=C(C)C. The van der Waals surface area contributed by atoms with Crippen molar-refractivity contribution < 1.29 is 14.2 Å². The van der Waals surface area contributed by atoms with Gasteiger partial charge in [-0.15, -0.1) is 0 Å². The van der Waals surface area contributed by atoms with E-state index >= 15 is 0 Å². The minimum Gasteiger partial charge on any atom is -0.385 e. The van der Waals surface area contributed by atoms with Gasteiger partial charge in [-0.2, -0.15) is 0 Å². The number of allylic oxidation sites excluding steroid dienone is 1. The summed E-state index contributed by atoms with van der Waals surface area (Å²) in [7, 11) is 1.73. The summed E-state index contributed by atoms with van der Waals surface area (Å²) in [6.45, 7) is 8.39. The van der Waals surface area contributed by atoms with Crippen LogP contribution in [0.3, 0.4) is 0 Å². The van der Waals surface area contributed by atoms with Gasteiger partial charge in [0.2, 0.25) is 0 Å². The number of rotatable bonds is 7. The summed E-state index contributed by atoms with van der Waals surface area (Å²) in [5, 5.41) is 3.34. The molecule has 0 spiro atoms. The molecule has 1 saturated heterocycles. The van der Waals surface area contributed by atoms with Crippen molar-refractivity contribution in [2.75, 3.05) is 20.3 Å². The molecule has 2 fully saturated rings. The van der Waals surface area contributed by atoms with E-state index in [1.54, 1.807) is 7.11 Å². The van der Waals surface area contributed by atoms with E-state index in [4.69, 9.17) is 14.2 Å². The third kappa shape index (κ3) is 4.55. The molecule has 0 bridgehead atoms. The average molecular weight is 283 g/mol. The molecule has 2 aliphatic rings. The highest BCUT2D eigenvalue weighted by atomic mass is 16.8. The molecular formula is C16H29NO3. The molecule has 2 rings (SSSR count). The molecule has 116 valence electrons. The Balaban J connectivity index is 1.74. The van der Waals surface area contributed by atoms with Crippen molar-refractivity contribution >= 4 is 0 Å². The van der Waals surface area contributed by atoms with Crippen LogP contribution in [0, 0.1) is 5.92 Å². The van der Waals surface area contributed by atoms with Gasteiger partial charge in [0.25, 0.3) is 0 Å². The minimum absolute atomic E-state index is 0.0674. The first kappa shape index (κ1) is 16.0. The lowest BCUT2D eigenvalue weighted by molar-refractivity contribution is -0.0122. The maximum absolute atomic E-state index is 6.14. The van der Waals surface area contributed by atoms with Crippen LogP contribution in [0.2, 0.25) is 0 Å². The lowest BCUT2D eigenvalue weighted by Crippen LogP contribution is -2.29. The number of nitrogens with one attached hydrogen (secondary N) is 1. The molecule has 0 aromatic heterocycles. The Morgan fingerprint density at radius 3 is 2.90 bits per heavy atom. The molecule has 4 nitrogen and oxygen atoms in total. The number of ether oxygens (including phenoxy) is 3. The van der Waals surface area contributed by atoms with Crippen molar-refractivity contribution in [1.29, 1.82) is 0 Å². The molecule has 1 aliphatic carbocycles. The second-order valence-corrected chi connectivity index (χ2v) is 6.26. The normalized spacial score (nSPS) is 33.3. The zero-order valence-electron chi connectivity index (χ0n) is 13.3. The summed E-state index contributed by atoms with van der Waals surface area (Å²) in [4.78, 5) is 0. The summed E-state index contributed by atoms with van der Waals surface area (Å²) >= 11 is 0. The van der Waals surface area contributed by atoms with Crippen molar-refractivity contribution in [2.24, 2.45) is 5.92 Å². The maximum Gasteiger partial charge on any atom is 0.200 e. The predicted octanol–water partition coefficient (Wildman–Crippen LogP) is 2.84. The molecule has 1 N–H and O–H groups in total. The van der Waals surface area contributed by atoms with Crippen molar-refractivity contribution in [3.05, 3.63) is 11.1 Å². The van der Waals surface area contributed by atoms with E-state index < -0.39 is 0 Å². The van der Waals surface area contributed by atoms with Gasteiger partial charge in [0.1, 0.15) is 0 Å². The van der Waals surface area contributed by atoms with E-state index in [0.717, 1.165) is 31.9 Å². The third-order valence-electron chi connectivity index (χ3n) is 4.17. The fraction of sp³-hybridized carbons (Fsp3) is 0.875. The monoisotopic (exact) mass is 283 g/mol. The van der Waals surface area contributed by atoms with Gasteiger partial charge in [0.05, 0.1) is 6.10 Å². The molecule has 0 aromatic rings. The Morgan fingerprint density at radius 2 is 2.20 bits per heavy atom. The Hall–Kier alpha value is -0.420. The van der Waals surface area contributed by atoms with Crippen LogP contribution in [0.4, 0.5) is 0 Å². The Morgan fingerprint density at radius 1 is 1.40 bits per heavy atom. The van der Waals surface area contributed by atoms with E-state index in [0.29, 0.717) is 0 Å². The van der Waals surface area contributed by atoms with Crippen molar-refractivity contribution in [3.8, 4) is 0 Å². The highest BCUT2D eigenvalue weighted by molar-refractivity contribution is 5.17. The second kappa shape index (κ2) is 7.55. The molecule has 1 heterocycles. The summed E-state index contributed by atoms with van der Waals surface area (Å²) in [6.07, 6.45) is 4.83. The lowest BCUT2D eigenvalue weighted by atomic mass is 9.83. The number of epoxide rings is 1. The van der Waals surface area contributed by atoms with Gasteiger partial charge in [0, 0.05) is 13.7 Å². The first-order valence-corrected chi connectivity index (χ1v) is 7.81. The van der Waals surface area contributed by atoms with Gasteiger partial charge >= 0.3 is 0 Å². The summed E-state index contributed by atoms with van der Waals surface area (Å²) < 4.78 is 16.7. The molecule has 1 aliphatic heterocycles. The standard InChI is InChI=1S/C16H29NO3/c1-11(2)13-7-6-12(3)10-14(13)19-16-15(20-16)17-8-5-9-18-4/h12,14-17H,5-10H2,1-4H3/t12-,14-,15?,16?/m0/s1. The molecule has 4 heteroatoms. The van der Waals surface area contributed by atoms with Gasteiger partial charge in [0.15, 0.2) is 12.5 Å². The molecule has 0 amide bonds. The van der Waals surface area contributed by atoms with Crippen LogP contribution in [-0.4, -0.2) is 38.9 Å². The van der Waals surface area contributed by atoms with Gasteiger partial charge in [-0.05, 0) is 57.6 Å². The van der Waals surface area contributed by atoms with Crippen LogP contribution in [0.15, 0.2) is 11.1 Å². The molecule has 2 unspecified atom stereocenters. The fourth-order valence-electron chi connectivity index (χ4n) is 2.87. The maximum atomic E-state index is 6.14. The first-order chi connectivity index (χ1) is 9.61. The van der Waals surface area contributed by atoms with Crippen molar-refractivity contribution in [2.45, 2.75) is 65.1 Å². The van der Waals surface area contributed by atoms with Crippen LogP contribution < -0.4 is 5.32 Å². The highest BCUT2D eigenvalue weighted by Gasteiger charge is 2.42. The largest absolute Gasteiger partial charge is 0.385 e. The smallest absolute Gasteiger partial charge is 0.200 e. The quantitative estimate of drug-likeness (QED) is 0.443. The van der Waals surface area contributed by atoms with Crippen molar-refractivity contribution in [3.63, 3.8) is 0 Å². The third-order valence-corrected chi connectivity index (χ3v) is 4.17. The Bertz CT molecular complexity index is 339. The molecule has 1 saturated carbocycles. The molecule has 4 atom stereocenters. The average Bonchev–Trinajstić information content (AvgIpc) is 3.13. The van der Waals surface area contributed by atoms with E-state index in [-0.39, 0.29) is 18.6 Å². The van der Waals surface area contributed by atoms with Crippen LogP contribution in [0.25, 0.3) is 0 Å². The number of hydrogen-bond acceptors (Lipinski definition) is 4. The van der Waals surface area contributed by atoms with E-state index in [1.807, 2.05) is 0 Å². The lowest BCUT2D eigenvalue weighted by Gasteiger charge is -2.30.